The van der Waals surface area contributed by atoms with E-state index in [0.29, 0.717) is 0 Å². The summed E-state index contributed by atoms with van der Waals surface area (Å²) in [6.45, 7) is 0. The molecule has 0 spiro atoms. The molecule has 0 amide bonds. The number of benzene rings is 10. The van der Waals surface area contributed by atoms with E-state index in [1.807, 2.05) is 0 Å². The SMILES string of the molecule is c1ccc(N(c2cccc3ccccc23)c2c3ccccc3c(-c3ccc4ccc5cccc6ccc3c4c56)c3ccccc23)cc1. The second kappa shape index (κ2) is 10.2. The second-order valence-electron chi connectivity index (χ2n) is 12.5. The minimum Gasteiger partial charge on any atom is -0.309 e. The van der Waals surface area contributed by atoms with Gasteiger partial charge in [0.15, 0.2) is 0 Å². The highest BCUT2D eigenvalue weighted by molar-refractivity contribution is 6.30. The number of rotatable bonds is 4. The molecule has 0 fully saturated rings. The molecule has 0 saturated heterocycles. The van der Waals surface area contributed by atoms with Crippen LogP contribution in [0.4, 0.5) is 17.1 Å². The van der Waals surface area contributed by atoms with E-state index in [0.717, 1.165) is 5.69 Å². The first-order valence-electron chi connectivity index (χ1n) is 16.3. The summed E-state index contributed by atoms with van der Waals surface area (Å²) in [6.07, 6.45) is 0. The zero-order chi connectivity index (χ0) is 30.9. The summed E-state index contributed by atoms with van der Waals surface area (Å²) >= 11 is 0. The van der Waals surface area contributed by atoms with E-state index < -0.39 is 0 Å². The molecule has 0 aliphatic heterocycles. The molecule has 10 aromatic carbocycles. The van der Waals surface area contributed by atoms with E-state index >= 15 is 0 Å². The lowest BCUT2D eigenvalue weighted by Gasteiger charge is -2.30. The first-order valence-corrected chi connectivity index (χ1v) is 16.3. The molecule has 0 aliphatic rings. The molecule has 0 N–H and O–H groups in total. The Morgan fingerprint density at radius 1 is 0.298 bits per heavy atom. The molecule has 1 nitrogen and oxygen atoms in total. The maximum atomic E-state index is 2.47. The quantitative estimate of drug-likeness (QED) is 0.144. The first-order chi connectivity index (χ1) is 23.3. The number of hydrogen-bond donors (Lipinski definition) is 0. The van der Waals surface area contributed by atoms with Gasteiger partial charge in [-0.05, 0) is 77.8 Å². The molecule has 0 aromatic heterocycles. The van der Waals surface area contributed by atoms with E-state index in [1.165, 1.54) is 87.1 Å². The molecule has 47 heavy (non-hydrogen) atoms. The molecule has 0 saturated carbocycles. The van der Waals surface area contributed by atoms with Gasteiger partial charge in [0.25, 0.3) is 0 Å². The standard InChI is InChI=1S/C46H29N/c1-2-16-34(17-3-1)47(42-23-11-13-30-12-4-5-18-35(30)42)46-40-21-8-6-19-36(40)45(37-20-7-9-22-41(37)46)39-29-27-33-25-24-31-14-10-15-32-26-28-38(39)44(33)43(31)32/h1-29H. The average Bonchev–Trinajstić information content (AvgIpc) is 3.14. The minimum absolute atomic E-state index is 1.13. The van der Waals surface area contributed by atoms with Gasteiger partial charge in [0, 0.05) is 21.8 Å². The Bertz CT molecular complexity index is 2720. The molecule has 0 radical (unpaired) electrons. The lowest BCUT2D eigenvalue weighted by molar-refractivity contribution is 1.33. The van der Waals surface area contributed by atoms with Crippen molar-refractivity contribution in [2.45, 2.75) is 0 Å². The highest BCUT2D eigenvalue weighted by Crippen LogP contribution is 2.50. The third kappa shape index (κ3) is 3.84. The van der Waals surface area contributed by atoms with Crippen molar-refractivity contribution in [2.24, 2.45) is 0 Å². The smallest absolute Gasteiger partial charge is 0.0619 e. The molecule has 10 rings (SSSR count). The van der Waals surface area contributed by atoms with Gasteiger partial charge in [-0.2, -0.15) is 0 Å². The predicted molar refractivity (Wildman–Crippen MR) is 203 cm³/mol. The van der Waals surface area contributed by atoms with Crippen LogP contribution in [0.3, 0.4) is 0 Å². The topological polar surface area (TPSA) is 3.24 Å². The Morgan fingerprint density at radius 2 is 0.809 bits per heavy atom. The summed E-state index contributed by atoms with van der Waals surface area (Å²) in [5, 5.41) is 15.2. The second-order valence-corrected chi connectivity index (χ2v) is 12.5. The summed E-state index contributed by atoms with van der Waals surface area (Å²) in [5.74, 6) is 0. The van der Waals surface area contributed by atoms with Gasteiger partial charge in [-0.15, -0.1) is 0 Å². The van der Waals surface area contributed by atoms with Crippen LogP contribution in [0.15, 0.2) is 176 Å². The average molecular weight is 596 g/mol. The summed E-state index contributed by atoms with van der Waals surface area (Å²) in [5.41, 5.74) is 6.05. The van der Waals surface area contributed by atoms with E-state index in [4.69, 9.17) is 0 Å². The van der Waals surface area contributed by atoms with Crippen molar-refractivity contribution >= 4 is 81.7 Å². The highest BCUT2D eigenvalue weighted by atomic mass is 15.1. The van der Waals surface area contributed by atoms with Crippen molar-refractivity contribution in [1.82, 2.24) is 0 Å². The summed E-state index contributed by atoms with van der Waals surface area (Å²) < 4.78 is 0. The van der Waals surface area contributed by atoms with Gasteiger partial charge in [0.1, 0.15) is 0 Å². The number of nitrogens with zero attached hydrogens (tertiary/aromatic N) is 1. The summed E-state index contributed by atoms with van der Waals surface area (Å²) in [6, 6.07) is 64.6. The van der Waals surface area contributed by atoms with Gasteiger partial charge < -0.3 is 4.90 Å². The molecule has 0 bridgehead atoms. The maximum Gasteiger partial charge on any atom is 0.0619 e. The molecule has 10 aromatic rings. The minimum atomic E-state index is 1.13. The zero-order valence-corrected chi connectivity index (χ0v) is 25.7. The molecule has 218 valence electrons. The summed E-state index contributed by atoms with van der Waals surface area (Å²) in [4.78, 5) is 2.47. The van der Waals surface area contributed by atoms with E-state index in [-0.39, 0.29) is 0 Å². The Hall–Kier alpha value is -6.18. The molecular weight excluding hydrogens is 567 g/mol. The van der Waals surface area contributed by atoms with Gasteiger partial charge in [0.2, 0.25) is 0 Å². The van der Waals surface area contributed by atoms with Crippen molar-refractivity contribution in [3.05, 3.63) is 176 Å². The lowest BCUT2D eigenvalue weighted by atomic mass is 9.85. The van der Waals surface area contributed by atoms with Crippen molar-refractivity contribution < 1.29 is 0 Å². The van der Waals surface area contributed by atoms with Gasteiger partial charge in [-0.25, -0.2) is 0 Å². The molecule has 1 heteroatoms. The van der Waals surface area contributed by atoms with Crippen molar-refractivity contribution in [3.63, 3.8) is 0 Å². The van der Waals surface area contributed by atoms with Crippen LogP contribution in [-0.2, 0) is 0 Å². The van der Waals surface area contributed by atoms with Crippen LogP contribution in [0.2, 0.25) is 0 Å². The third-order valence-corrected chi connectivity index (χ3v) is 9.95. The van der Waals surface area contributed by atoms with Crippen LogP contribution in [-0.4, -0.2) is 0 Å². The molecule has 0 atom stereocenters. The fourth-order valence-electron chi connectivity index (χ4n) is 7.96. The first kappa shape index (κ1) is 26.1. The largest absolute Gasteiger partial charge is 0.309 e. The van der Waals surface area contributed by atoms with Crippen LogP contribution in [0.1, 0.15) is 0 Å². The molecule has 0 unspecified atom stereocenters. The third-order valence-electron chi connectivity index (χ3n) is 9.95. The Morgan fingerprint density at radius 3 is 1.53 bits per heavy atom. The number of para-hydroxylation sites is 1. The normalized spacial score (nSPS) is 11.8. The predicted octanol–water partition coefficient (Wildman–Crippen LogP) is 13.2. The van der Waals surface area contributed by atoms with Gasteiger partial charge in [-0.1, -0.05) is 158 Å². The fraction of sp³-hybridized carbons (Fsp3) is 0. The van der Waals surface area contributed by atoms with Crippen molar-refractivity contribution in [3.8, 4) is 11.1 Å². The van der Waals surface area contributed by atoms with Crippen LogP contribution in [0.25, 0.3) is 75.8 Å². The molecular formula is C46H29N. The molecule has 0 aliphatic carbocycles. The number of anilines is 3. The van der Waals surface area contributed by atoms with Crippen molar-refractivity contribution in [1.29, 1.82) is 0 Å². The Kier molecular flexibility index (Phi) is 5.64. The van der Waals surface area contributed by atoms with E-state index in [9.17, 15) is 0 Å². The Labute approximate surface area is 272 Å². The lowest BCUT2D eigenvalue weighted by Crippen LogP contribution is -2.12. The van der Waals surface area contributed by atoms with Crippen molar-refractivity contribution in [2.75, 3.05) is 4.90 Å². The maximum absolute atomic E-state index is 2.47. The van der Waals surface area contributed by atoms with E-state index in [2.05, 4.69) is 181 Å². The van der Waals surface area contributed by atoms with Crippen LogP contribution in [0, 0.1) is 0 Å². The Balaban J connectivity index is 1.36. The molecule has 0 heterocycles. The monoisotopic (exact) mass is 595 g/mol. The van der Waals surface area contributed by atoms with Crippen LogP contribution >= 0.6 is 0 Å². The highest BCUT2D eigenvalue weighted by Gasteiger charge is 2.24. The van der Waals surface area contributed by atoms with Crippen LogP contribution in [0.5, 0.6) is 0 Å². The van der Waals surface area contributed by atoms with Crippen LogP contribution < -0.4 is 4.90 Å². The fourth-order valence-corrected chi connectivity index (χ4v) is 7.96. The van der Waals surface area contributed by atoms with Gasteiger partial charge in [0.05, 0.1) is 11.4 Å². The van der Waals surface area contributed by atoms with Gasteiger partial charge in [-0.3, -0.25) is 0 Å². The van der Waals surface area contributed by atoms with Gasteiger partial charge >= 0.3 is 0 Å². The summed E-state index contributed by atoms with van der Waals surface area (Å²) in [7, 11) is 0. The van der Waals surface area contributed by atoms with E-state index in [1.54, 1.807) is 0 Å². The zero-order valence-electron chi connectivity index (χ0n) is 25.7. The number of hydrogen-bond acceptors (Lipinski definition) is 1. The number of fused-ring (bicyclic) bond motifs is 3.